The maximum absolute atomic E-state index is 12.7. The van der Waals surface area contributed by atoms with Crippen molar-refractivity contribution < 1.29 is 18.0 Å². The van der Waals surface area contributed by atoms with Crippen molar-refractivity contribution in [1.29, 1.82) is 0 Å². The molecule has 1 fully saturated rings. The average Bonchev–Trinajstić information content (AvgIpc) is 2.82. The van der Waals surface area contributed by atoms with Crippen molar-refractivity contribution in [2.45, 2.75) is 63.3 Å². The number of carbonyl (C=O) groups excluding carboxylic acids is 2. The number of rotatable bonds is 10. The molecule has 1 aliphatic carbocycles. The lowest BCUT2D eigenvalue weighted by atomic mass is 9.81. The van der Waals surface area contributed by atoms with E-state index in [-0.39, 0.29) is 34.6 Å². The van der Waals surface area contributed by atoms with Crippen molar-refractivity contribution in [2.24, 2.45) is 11.8 Å². The van der Waals surface area contributed by atoms with E-state index in [1.165, 1.54) is 24.6 Å². The fourth-order valence-electron chi connectivity index (χ4n) is 4.32. The Labute approximate surface area is 202 Å². The molecule has 1 saturated carbocycles. The normalized spacial score (nSPS) is 19.2. The summed E-state index contributed by atoms with van der Waals surface area (Å²) in [6, 6.07) is 16.5. The largest absolute Gasteiger partial charge is 0.353 e. The molecule has 34 heavy (non-hydrogen) atoms. The molecule has 0 spiro atoms. The molecule has 2 aromatic rings. The predicted molar refractivity (Wildman–Crippen MR) is 134 cm³/mol. The Bertz CT molecular complexity index is 1050. The third-order valence-electron chi connectivity index (χ3n) is 6.36. The summed E-state index contributed by atoms with van der Waals surface area (Å²) in [5.41, 5.74) is 1.83. The first-order chi connectivity index (χ1) is 16.2. The molecule has 0 aliphatic heterocycles. The van der Waals surface area contributed by atoms with Crippen molar-refractivity contribution in [3.63, 3.8) is 0 Å². The van der Waals surface area contributed by atoms with Gasteiger partial charge >= 0.3 is 0 Å². The van der Waals surface area contributed by atoms with E-state index in [1.807, 2.05) is 25.1 Å². The summed E-state index contributed by atoms with van der Waals surface area (Å²) in [5, 5.41) is 5.77. The summed E-state index contributed by atoms with van der Waals surface area (Å²) in [4.78, 5) is 23.9. The molecule has 2 aromatic carbocycles. The lowest BCUT2D eigenvalue weighted by molar-refractivity contribution is -0.126. The molecule has 2 amide bonds. The van der Waals surface area contributed by atoms with Crippen LogP contribution in [0.2, 0.25) is 0 Å². The van der Waals surface area contributed by atoms with Crippen LogP contribution >= 0.6 is 0 Å². The van der Waals surface area contributed by atoms with Gasteiger partial charge < -0.3 is 10.6 Å². The van der Waals surface area contributed by atoms with Crippen LogP contribution in [0.3, 0.4) is 0 Å². The van der Waals surface area contributed by atoms with Crippen LogP contribution in [0.1, 0.15) is 51.5 Å². The van der Waals surface area contributed by atoms with Crippen LogP contribution < -0.4 is 15.4 Å². The van der Waals surface area contributed by atoms with Gasteiger partial charge in [0.05, 0.1) is 4.90 Å². The van der Waals surface area contributed by atoms with E-state index in [2.05, 4.69) is 27.5 Å². The SMILES string of the molecule is CC(=O)Nc1ccc(S(=O)(=O)NCC2CCC(C(=O)NC(C)CCc3ccccc3)CC2)cc1. The van der Waals surface area contributed by atoms with E-state index in [4.69, 9.17) is 0 Å². The molecule has 0 aromatic heterocycles. The highest BCUT2D eigenvalue weighted by molar-refractivity contribution is 7.89. The number of anilines is 1. The first-order valence-corrected chi connectivity index (χ1v) is 13.4. The molecule has 7 nitrogen and oxygen atoms in total. The van der Waals surface area contributed by atoms with Gasteiger partial charge in [-0.05, 0) is 81.2 Å². The zero-order valence-electron chi connectivity index (χ0n) is 19.9. The van der Waals surface area contributed by atoms with Crippen molar-refractivity contribution in [3.8, 4) is 0 Å². The van der Waals surface area contributed by atoms with E-state index in [0.29, 0.717) is 12.2 Å². The van der Waals surface area contributed by atoms with Crippen LogP contribution in [0.5, 0.6) is 0 Å². The lowest BCUT2D eigenvalue weighted by Crippen LogP contribution is -2.40. The monoisotopic (exact) mass is 485 g/mol. The standard InChI is InChI=1S/C26H35N3O4S/c1-19(8-9-21-6-4-3-5-7-21)28-26(31)23-12-10-22(11-13-23)18-27-34(32,33)25-16-14-24(15-17-25)29-20(2)30/h3-7,14-17,19,22-23,27H,8-13,18H2,1-2H3,(H,28,31)(H,29,30). The molecule has 3 rings (SSSR count). The average molecular weight is 486 g/mol. The van der Waals surface area contributed by atoms with Crippen molar-refractivity contribution in [3.05, 3.63) is 60.2 Å². The Morgan fingerprint density at radius 3 is 2.24 bits per heavy atom. The Balaban J connectivity index is 1.39. The maximum atomic E-state index is 12.7. The molecule has 1 atom stereocenters. The lowest BCUT2D eigenvalue weighted by Gasteiger charge is -2.29. The highest BCUT2D eigenvalue weighted by atomic mass is 32.2. The Hall–Kier alpha value is -2.71. The number of hydrogen-bond acceptors (Lipinski definition) is 4. The minimum absolute atomic E-state index is 0.00615. The Kier molecular flexibility index (Phi) is 9.24. The summed E-state index contributed by atoms with van der Waals surface area (Å²) in [7, 11) is -3.62. The summed E-state index contributed by atoms with van der Waals surface area (Å²) in [5.74, 6) is 0.111. The maximum Gasteiger partial charge on any atom is 0.240 e. The topological polar surface area (TPSA) is 104 Å². The van der Waals surface area contributed by atoms with E-state index < -0.39 is 10.0 Å². The molecule has 184 valence electrons. The second kappa shape index (κ2) is 12.1. The molecule has 0 heterocycles. The van der Waals surface area contributed by atoms with Crippen LogP contribution in [0.15, 0.2) is 59.5 Å². The quantitative estimate of drug-likeness (QED) is 0.475. The van der Waals surface area contributed by atoms with Crippen LogP contribution in [0, 0.1) is 11.8 Å². The van der Waals surface area contributed by atoms with Crippen LogP contribution in [0.4, 0.5) is 5.69 Å². The van der Waals surface area contributed by atoms with E-state index in [0.717, 1.165) is 38.5 Å². The zero-order chi connectivity index (χ0) is 24.6. The van der Waals surface area contributed by atoms with Crippen LogP contribution in [0.25, 0.3) is 0 Å². The summed E-state index contributed by atoms with van der Waals surface area (Å²) < 4.78 is 27.9. The Morgan fingerprint density at radius 2 is 1.62 bits per heavy atom. The highest BCUT2D eigenvalue weighted by Gasteiger charge is 2.28. The van der Waals surface area contributed by atoms with E-state index >= 15 is 0 Å². The first kappa shape index (κ1) is 25.9. The van der Waals surface area contributed by atoms with Crippen molar-refractivity contribution in [1.82, 2.24) is 10.0 Å². The van der Waals surface area contributed by atoms with Gasteiger partial charge in [-0.3, -0.25) is 9.59 Å². The predicted octanol–water partition coefficient (Wildman–Crippen LogP) is 3.87. The molecule has 3 N–H and O–H groups in total. The first-order valence-electron chi connectivity index (χ1n) is 11.9. The van der Waals surface area contributed by atoms with Gasteiger partial charge in [-0.2, -0.15) is 0 Å². The van der Waals surface area contributed by atoms with Crippen LogP contribution in [-0.2, 0) is 26.0 Å². The summed E-state index contributed by atoms with van der Waals surface area (Å²) >= 11 is 0. The minimum Gasteiger partial charge on any atom is -0.353 e. The van der Waals surface area contributed by atoms with Crippen molar-refractivity contribution >= 4 is 27.5 Å². The van der Waals surface area contributed by atoms with Crippen LogP contribution in [-0.4, -0.2) is 32.8 Å². The van der Waals surface area contributed by atoms with Gasteiger partial charge in [0.15, 0.2) is 0 Å². The third-order valence-corrected chi connectivity index (χ3v) is 7.80. The van der Waals surface area contributed by atoms with Gasteiger partial charge in [-0.15, -0.1) is 0 Å². The van der Waals surface area contributed by atoms with Gasteiger partial charge in [0.25, 0.3) is 0 Å². The third kappa shape index (κ3) is 7.95. The van der Waals surface area contributed by atoms with Crippen molar-refractivity contribution in [2.75, 3.05) is 11.9 Å². The smallest absolute Gasteiger partial charge is 0.240 e. The molecule has 0 radical (unpaired) electrons. The number of nitrogens with one attached hydrogen (secondary N) is 3. The number of carbonyl (C=O) groups is 2. The summed E-state index contributed by atoms with van der Waals surface area (Å²) in [6.07, 6.45) is 5.02. The highest BCUT2D eigenvalue weighted by Crippen LogP contribution is 2.29. The molecule has 0 bridgehead atoms. The molecule has 8 heteroatoms. The Morgan fingerprint density at radius 1 is 0.971 bits per heavy atom. The molecule has 1 unspecified atom stereocenters. The number of benzene rings is 2. The van der Waals surface area contributed by atoms with Gasteiger partial charge in [-0.25, -0.2) is 13.1 Å². The minimum atomic E-state index is -3.62. The summed E-state index contributed by atoms with van der Waals surface area (Å²) in [6.45, 7) is 3.80. The molecule has 0 saturated heterocycles. The van der Waals surface area contributed by atoms with Gasteiger partial charge in [0.2, 0.25) is 21.8 Å². The molecule has 1 aliphatic rings. The second-order valence-electron chi connectivity index (χ2n) is 9.21. The van der Waals surface area contributed by atoms with E-state index in [1.54, 1.807) is 12.1 Å². The zero-order valence-corrected chi connectivity index (χ0v) is 20.7. The van der Waals surface area contributed by atoms with Gasteiger partial charge in [0, 0.05) is 31.1 Å². The number of sulfonamides is 1. The fourth-order valence-corrected chi connectivity index (χ4v) is 5.44. The molecular weight excluding hydrogens is 450 g/mol. The fraction of sp³-hybridized carbons (Fsp3) is 0.462. The number of hydrogen-bond donors (Lipinski definition) is 3. The second-order valence-corrected chi connectivity index (χ2v) is 11.0. The molecular formula is C26H35N3O4S. The van der Waals surface area contributed by atoms with Gasteiger partial charge in [0.1, 0.15) is 0 Å². The number of aryl methyl sites for hydroxylation is 1. The van der Waals surface area contributed by atoms with E-state index in [9.17, 15) is 18.0 Å². The number of amides is 2. The van der Waals surface area contributed by atoms with Gasteiger partial charge in [-0.1, -0.05) is 30.3 Å².